The fourth-order valence-corrected chi connectivity index (χ4v) is 2.56. The van der Waals surface area contributed by atoms with E-state index in [4.69, 9.17) is 16.3 Å². The largest absolute Gasteiger partial charge is 0.495 e. The van der Waals surface area contributed by atoms with Gasteiger partial charge in [0.1, 0.15) is 5.75 Å². The van der Waals surface area contributed by atoms with E-state index in [1.54, 1.807) is 25.3 Å². The highest BCUT2D eigenvalue weighted by Crippen LogP contribution is 2.36. The van der Waals surface area contributed by atoms with Gasteiger partial charge in [-0.25, -0.2) is 0 Å². The summed E-state index contributed by atoms with van der Waals surface area (Å²) in [6, 6.07) is 5.38. The monoisotopic (exact) mass is 277 g/mol. The number of hydrogen-bond acceptors (Lipinski definition) is 3. The molecular weight excluding hydrogens is 262 g/mol. The first kappa shape index (κ1) is 13.7. The first-order valence-corrected chi connectivity index (χ1v) is 6.41. The number of carbonyl (C=O) groups excluding carboxylic acids is 1. The Hall–Kier alpha value is -1.74. The number of ether oxygens (including phenoxy) is 1. The number of rotatable bonds is 4. The smallest absolute Gasteiger partial charge is 0.172 e. The summed E-state index contributed by atoms with van der Waals surface area (Å²) in [5.74, 6) is 0.529. The van der Waals surface area contributed by atoms with Gasteiger partial charge in [0.15, 0.2) is 5.78 Å². The highest BCUT2D eigenvalue weighted by Gasteiger charge is 2.31. The molecule has 1 aliphatic carbocycles. The molecule has 0 aliphatic heterocycles. The topological polar surface area (TPSA) is 38.3 Å². The van der Waals surface area contributed by atoms with E-state index in [2.05, 4.69) is 11.9 Å². The van der Waals surface area contributed by atoms with Crippen molar-refractivity contribution in [1.82, 2.24) is 5.32 Å². The molecule has 0 aromatic heterocycles. The maximum atomic E-state index is 12.3. The van der Waals surface area contributed by atoms with Gasteiger partial charge in [-0.05, 0) is 17.7 Å². The zero-order valence-electron chi connectivity index (χ0n) is 11.0. The van der Waals surface area contributed by atoms with Gasteiger partial charge in [0.25, 0.3) is 0 Å². The van der Waals surface area contributed by atoms with Crippen LogP contribution in [0.4, 0.5) is 0 Å². The lowest BCUT2D eigenvalue weighted by Gasteiger charge is -2.09. The van der Waals surface area contributed by atoms with Crippen molar-refractivity contribution in [3.63, 3.8) is 0 Å². The zero-order chi connectivity index (χ0) is 14.0. The average Bonchev–Trinajstić information content (AvgIpc) is 2.74. The van der Waals surface area contributed by atoms with Gasteiger partial charge < -0.3 is 10.1 Å². The second-order valence-electron chi connectivity index (χ2n) is 4.36. The van der Waals surface area contributed by atoms with E-state index in [0.717, 1.165) is 11.3 Å². The first-order chi connectivity index (χ1) is 9.12. The standard InChI is InChI=1S/C15H16ClNO2/c1-4-9-8-12(17-2)14(15(9)18)10-5-6-13(19-3)11(16)7-10/h4-7,9,17H,1,8H2,2-3H3. The van der Waals surface area contributed by atoms with Crippen LogP contribution in [0.25, 0.3) is 5.57 Å². The van der Waals surface area contributed by atoms with Crippen molar-refractivity contribution >= 4 is 23.0 Å². The summed E-state index contributed by atoms with van der Waals surface area (Å²) < 4.78 is 5.12. The van der Waals surface area contributed by atoms with Crippen molar-refractivity contribution in [1.29, 1.82) is 0 Å². The van der Waals surface area contributed by atoms with Crippen molar-refractivity contribution in [3.8, 4) is 5.75 Å². The van der Waals surface area contributed by atoms with Crippen molar-refractivity contribution in [2.24, 2.45) is 5.92 Å². The number of Topliss-reactive ketones (excluding diaryl/α,β-unsaturated/α-hetero) is 1. The minimum atomic E-state index is -0.154. The second-order valence-corrected chi connectivity index (χ2v) is 4.77. The molecule has 0 bridgehead atoms. The third-order valence-electron chi connectivity index (χ3n) is 3.34. The number of methoxy groups -OCH3 is 1. The van der Waals surface area contributed by atoms with Crippen LogP contribution in [-0.4, -0.2) is 19.9 Å². The highest BCUT2D eigenvalue weighted by molar-refractivity contribution is 6.33. The number of nitrogens with one attached hydrogen (secondary N) is 1. The number of ketones is 1. The summed E-state index contributed by atoms with van der Waals surface area (Å²) in [5, 5.41) is 3.59. The van der Waals surface area contributed by atoms with Crippen LogP contribution in [0.1, 0.15) is 12.0 Å². The van der Waals surface area contributed by atoms with Gasteiger partial charge >= 0.3 is 0 Å². The van der Waals surface area contributed by atoms with Crippen LogP contribution in [0, 0.1) is 5.92 Å². The van der Waals surface area contributed by atoms with Gasteiger partial charge in [-0.3, -0.25) is 4.79 Å². The van der Waals surface area contributed by atoms with Gasteiger partial charge in [-0.1, -0.05) is 23.7 Å². The van der Waals surface area contributed by atoms with Crippen LogP contribution in [-0.2, 0) is 4.79 Å². The van der Waals surface area contributed by atoms with Crippen LogP contribution in [0.2, 0.25) is 5.02 Å². The van der Waals surface area contributed by atoms with E-state index < -0.39 is 0 Å². The van der Waals surface area contributed by atoms with Crippen molar-refractivity contribution in [2.75, 3.05) is 14.2 Å². The quantitative estimate of drug-likeness (QED) is 0.860. The molecule has 1 N–H and O–H groups in total. The van der Waals surface area contributed by atoms with Crippen molar-refractivity contribution in [3.05, 3.63) is 47.1 Å². The van der Waals surface area contributed by atoms with Gasteiger partial charge in [0.2, 0.25) is 0 Å². The Morgan fingerprint density at radius 1 is 1.53 bits per heavy atom. The van der Waals surface area contributed by atoms with E-state index in [1.807, 2.05) is 13.1 Å². The van der Waals surface area contributed by atoms with Crippen LogP contribution < -0.4 is 10.1 Å². The molecule has 0 radical (unpaired) electrons. The Bertz CT molecular complexity index is 563. The average molecular weight is 278 g/mol. The molecule has 1 aliphatic rings. The third-order valence-corrected chi connectivity index (χ3v) is 3.63. The summed E-state index contributed by atoms with van der Waals surface area (Å²) in [7, 11) is 3.38. The molecule has 4 heteroatoms. The molecule has 0 spiro atoms. The number of halogens is 1. The minimum Gasteiger partial charge on any atom is -0.495 e. The summed E-state index contributed by atoms with van der Waals surface area (Å²) in [6.07, 6.45) is 2.36. The Balaban J connectivity index is 2.47. The predicted molar refractivity (Wildman–Crippen MR) is 77.3 cm³/mol. The number of allylic oxidation sites excluding steroid dienone is 3. The summed E-state index contributed by atoms with van der Waals surface area (Å²) in [4.78, 5) is 12.3. The van der Waals surface area contributed by atoms with Crippen LogP contribution in [0.15, 0.2) is 36.6 Å². The molecule has 0 amide bonds. The molecule has 0 fully saturated rings. The lowest BCUT2D eigenvalue weighted by atomic mass is 9.99. The minimum absolute atomic E-state index is 0.0839. The Morgan fingerprint density at radius 2 is 2.26 bits per heavy atom. The fourth-order valence-electron chi connectivity index (χ4n) is 2.30. The van der Waals surface area contributed by atoms with E-state index in [0.29, 0.717) is 22.8 Å². The maximum absolute atomic E-state index is 12.3. The number of benzene rings is 1. The van der Waals surface area contributed by atoms with E-state index in [1.165, 1.54) is 0 Å². The van der Waals surface area contributed by atoms with E-state index >= 15 is 0 Å². The molecule has 1 aromatic rings. The maximum Gasteiger partial charge on any atom is 0.172 e. The molecule has 19 heavy (non-hydrogen) atoms. The highest BCUT2D eigenvalue weighted by atomic mass is 35.5. The number of hydrogen-bond donors (Lipinski definition) is 1. The van der Waals surface area contributed by atoms with E-state index in [-0.39, 0.29) is 11.7 Å². The molecule has 0 saturated heterocycles. The molecule has 1 unspecified atom stereocenters. The van der Waals surface area contributed by atoms with Crippen molar-refractivity contribution < 1.29 is 9.53 Å². The lowest BCUT2D eigenvalue weighted by Crippen LogP contribution is -2.07. The van der Waals surface area contributed by atoms with Gasteiger partial charge in [0, 0.05) is 30.7 Å². The van der Waals surface area contributed by atoms with Crippen molar-refractivity contribution in [2.45, 2.75) is 6.42 Å². The SMILES string of the molecule is C=CC1CC(NC)=C(c2ccc(OC)c(Cl)c2)C1=O. The molecular formula is C15H16ClNO2. The van der Waals surface area contributed by atoms with Gasteiger partial charge in [-0.15, -0.1) is 6.58 Å². The van der Waals surface area contributed by atoms with Gasteiger partial charge in [0.05, 0.1) is 12.1 Å². The lowest BCUT2D eigenvalue weighted by molar-refractivity contribution is -0.115. The molecule has 1 atom stereocenters. The summed E-state index contributed by atoms with van der Waals surface area (Å²) in [6.45, 7) is 3.71. The molecule has 100 valence electrons. The molecule has 3 nitrogen and oxygen atoms in total. The Labute approximate surface area is 117 Å². The summed E-state index contributed by atoms with van der Waals surface area (Å²) >= 11 is 6.12. The molecule has 0 saturated carbocycles. The first-order valence-electron chi connectivity index (χ1n) is 6.04. The Kier molecular flexibility index (Phi) is 3.96. The van der Waals surface area contributed by atoms with E-state index in [9.17, 15) is 4.79 Å². The zero-order valence-corrected chi connectivity index (χ0v) is 11.8. The van der Waals surface area contributed by atoms with Crippen LogP contribution in [0.5, 0.6) is 5.75 Å². The van der Waals surface area contributed by atoms with Crippen LogP contribution >= 0.6 is 11.6 Å². The molecule has 2 rings (SSSR count). The predicted octanol–water partition coefficient (Wildman–Crippen LogP) is 3.05. The van der Waals surface area contributed by atoms with Gasteiger partial charge in [-0.2, -0.15) is 0 Å². The molecule has 1 aromatic carbocycles. The Morgan fingerprint density at radius 3 is 2.79 bits per heavy atom. The fraction of sp³-hybridized carbons (Fsp3) is 0.267. The third kappa shape index (κ3) is 2.38. The second kappa shape index (κ2) is 5.49. The number of carbonyl (C=O) groups is 1. The molecule has 0 heterocycles. The van der Waals surface area contributed by atoms with Crippen LogP contribution in [0.3, 0.4) is 0 Å². The summed E-state index contributed by atoms with van der Waals surface area (Å²) in [5.41, 5.74) is 2.43. The normalized spacial score (nSPS) is 18.7.